The van der Waals surface area contributed by atoms with Crippen LogP contribution in [0.15, 0.2) is 35.2 Å². The summed E-state index contributed by atoms with van der Waals surface area (Å²) >= 11 is 0.996. The van der Waals surface area contributed by atoms with E-state index in [4.69, 9.17) is 0 Å². The van der Waals surface area contributed by atoms with Crippen molar-refractivity contribution >= 4 is 56.3 Å². The lowest BCUT2D eigenvalue weighted by Gasteiger charge is -2.33. The lowest BCUT2D eigenvalue weighted by atomic mass is 10.2. The molecule has 4 rings (SSSR count). The van der Waals surface area contributed by atoms with E-state index in [2.05, 4.69) is 25.6 Å². The van der Waals surface area contributed by atoms with Crippen molar-refractivity contribution in [2.45, 2.75) is 18.4 Å². The van der Waals surface area contributed by atoms with Gasteiger partial charge in [0.15, 0.2) is 15.0 Å². The average Bonchev–Trinajstić information content (AvgIpc) is 3.22. The number of nitrogens with one attached hydrogen (secondary N) is 2. The molecule has 1 saturated heterocycles. The number of nitrogens with zero attached hydrogens (tertiary/aromatic N) is 5. The molecule has 0 radical (unpaired) electrons. The van der Waals surface area contributed by atoms with Crippen molar-refractivity contribution in [2.75, 3.05) is 48.0 Å². The molecule has 1 fully saturated rings. The van der Waals surface area contributed by atoms with Crippen molar-refractivity contribution < 1.29 is 23.1 Å². The summed E-state index contributed by atoms with van der Waals surface area (Å²) in [7, 11) is -3.27. The molecular weight excluding hydrogens is 506 g/mol. The number of carbonyl (C=O) groups is 2. The number of benzene rings is 1. The van der Waals surface area contributed by atoms with Gasteiger partial charge in [0.05, 0.1) is 10.6 Å². The summed E-state index contributed by atoms with van der Waals surface area (Å²) in [6, 6.07) is 8.37. The fourth-order valence-electron chi connectivity index (χ4n) is 3.59. The van der Waals surface area contributed by atoms with Gasteiger partial charge in [0, 0.05) is 45.0 Å². The number of aromatic carboxylic acids is 1. The number of hydrogen-bond donors (Lipinski definition) is 3. The Morgan fingerprint density at radius 1 is 1.14 bits per heavy atom. The van der Waals surface area contributed by atoms with E-state index in [-0.39, 0.29) is 15.7 Å². The van der Waals surface area contributed by atoms with Crippen LogP contribution in [0.1, 0.15) is 20.9 Å². The number of hydrogen-bond acceptors (Lipinski definition) is 11. The van der Waals surface area contributed by atoms with Gasteiger partial charge in [-0.25, -0.2) is 18.2 Å². The molecule has 1 aromatic carbocycles. The van der Waals surface area contributed by atoms with Gasteiger partial charge in [-0.1, -0.05) is 23.5 Å². The zero-order chi connectivity index (χ0) is 25.9. The number of thiazole rings is 1. The monoisotopic (exact) mass is 531 g/mol. The molecule has 0 aliphatic carbocycles. The van der Waals surface area contributed by atoms with E-state index in [0.717, 1.165) is 29.6 Å². The lowest BCUT2D eigenvalue weighted by Crippen LogP contribution is -2.46. The van der Waals surface area contributed by atoms with Crippen LogP contribution in [0.2, 0.25) is 0 Å². The number of piperazine rings is 1. The van der Waals surface area contributed by atoms with Crippen LogP contribution in [0.4, 0.5) is 22.7 Å². The molecule has 14 heteroatoms. The summed E-state index contributed by atoms with van der Waals surface area (Å²) in [5.74, 6) is 0.342. The van der Waals surface area contributed by atoms with Crippen molar-refractivity contribution in [1.29, 1.82) is 0 Å². The highest BCUT2D eigenvalue weighted by molar-refractivity contribution is 7.90. The number of carboxylic acid groups (broad SMARTS) is 1. The molecule has 2 aromatic heterocycles. The van der Waals surface area contributed by atoms with E-state index in [1.807, 2.05) is 4.90 Å². The number of rotatable bonds is 9. The van der Waals surface area contributed by atoms with E-state index in [1.54, 1.807) is 42.2 Å². The van der Waals surface area contributed by atoms with Gasteiger partial charge in [-0.3, -0.25) is 10.1 Å². The normalized spacial score (nSPS) is 13.9. The molecule has 1 aliphatic heterocycles. The number of carboxylic acids is 1. The lowest BCUT2D eigenvalue weighted by molar-refractivity contribution is -0.118. The van der Waals surface area contributed by atoms with Crippen molar-refractivity contribution in [3.8, 4) is 0 Å². The first kappa shape index (κ1) is 25.3. The molecule has 0 bridgehead atoms. The summed E-state index contributed by atoms with van der Waals surface area (Å²) in [6.07, 6.45) is 1.99. The molecule has 3 N–H and O–H groups in total. The summed E-state index contributed by atoms with van der Waals surface area (Å²) in [5.41, 5.74) is 1.25. The minimum atomic E-state index is -3.27. The van der Waals surface area contributed by atoms with E-state index >= 15 is 0 Å². The largest absolute Gasteiger partial charge is 0.477 e. The second-order valence-corrected chi connectivity index (χ2v) is 11.2. The van der Waals surface area contributed by atoms with E-state index in [0.29, 0.717) is 55.2 Å². The number of aromatic nitrogens is 3. The predicted octanol–water partition coefficient (Wildman–Crippen LogP) is 1.98. The molecule has 3 heterocycles. The first-order valence-electron chi connectivity index (χ1n) is 11.0. The first-order chi connectivity index (χ1) is 17.1. The third-order valence-electron chi connectivity index (χ3n) is 5.53. The number of anilines is 4. The first-order valence-corrected chi connectivity index (χ1v) is 13.7. The van der Waals surface area contributed by atoms with Gasteiger partial charge in [0.1, 0.15) is 16.5 Å². The third-order valence-corrected chi connectivity index (χ3v) is 7.72. The average molecular weight is 532 g/mol. The molecule has 3 aromatic rings. The van der Waals surface area contributed by atoms with Crippen LogP contribution in [0.5, 0.6) is 0 Å². The van der Waals surface area contributed by atoms with E-state index in [1.165, 1.54) is 0 Å². The molecule has 0 spiro atoms. The zero-order valence-electron chi connectivity index (χ0n) is 19.6. The van der Waals surface area contributed by atoms with Gasteiger partial charge in [-0.15, -0.1) is 0 Å². The van der Waals surface area contributed by atoms with Gasteiger partial charge < -0.3 is 20.2 Å². The van der Waals surface area contributed by atoms with Crippen LogP contribution in [-0.2, 0) is 21.2 Å². The van der Waals surface area contributed by atoms with Crippen LogP contribution in [0.25, 0.3) is 0 Å². The van der Waals surface area contributed by atoms with E-state index < -0.39 is 15.8 Å². The van der Waals surface area contributed by atoms with Gasteiger partial charge in [-0.2, -0.15) is 9.97 Å². The molecule has 1 amide bonds. The Morgan fingerprint density at radius 2 is 1.83 bits per heavy atom. The maximum Gasteiger partial charge on any atom is 0.347 e. The quantitative estimate of drug-likeness (QED) is 0.347. The second-order valence-electron chi connectivity index (χ2n) is 8.20. The molecule has 1 aliphatic rings. The minimum absolute atomic E-state index is 0.134. The topological polar surface area (TPSA) is 158 Å². The van der Waals surface area contributed by atoms with Crippen molar-refractivity contribution in [3.05, 3.63) is 46.5 Å². The van der Waals surface area contributed by atoms with Crippen molar-refractivity contribution in [1.82, 2.24) is 19.9 Å². The van der Waals surface area contributed by atoms with Crippen molar-refractivity contribution in [3.63, 3.8) is 0 Å². The fraction of sp³-hybridized carbons (Fsp3) is 0.318. The molecule has 0 saturated carbocycles. The van der Waals surface area contributed by atoms with Crippen LogP contribution >= 0.6 is 11.3 Å². The molecule has 36 heavy (non-hydrogen) atoms. The Bertz CT molecular complexity index is 1370. The Balaban J connectivity index is 1.57. The number of amides is 1. The Labute approximate surface area is 211 Å². The number of sulfone groups is 1. The third kappa shape index (κ3) is 6.07. The Kier molecular flexibility index (Phi) is 7.35. The highest BCUT2D eigenvalue weighted by Gasteiger charge is 2.20. The van der Waals surface area contributed by atoms with Gasteiger partial charge >= 0.3 is 5.97 Å². The van der Waals surface area contributed by atoms with Crippen LogP contribution < -0.4 is 15.5 Å². The maximum atomic E-state index is 11.7. The molecule has 0 unspecified atom stereocenters. The zero-order valence-corrected chi connectivity index (χ0v) is 21.3. The number of aryl methyl sites for hydroxylation is 1. The van der Waals surface area contributed by atoms with Crippen LogP contribution in [0.3, 0.4) is 0 Å². The van der Waals surface area contributed by atoms with Gasteiger partial charge in [0.25, 0.3) is 0 Å². The summed E-state index contributed by atoms with van der Waals surface area (Å²) in [6.45, 7) is 4.34. The minimum Gasteiger partial charge on any atom is -0.477 e. The molecule has 12 nitrogen and oxygen atoms in total. The number of carbonyl (C=O) groups excluding carboxylic acids is 1. The van der Waals surface area contributed by atoms with Crippen LogP contribution in [-0.4, -0.2) is 78.2 Å². The SMILES string of the molecule is Cc1nc(Nc2nc(NCc3ccc(S(C)(=O)=O)cc3)cc(N3CCN(C=O)CC3)n2)sc1C(=O)O. The van der Waals surface area contributed by atoms with Gasteiger partial charge in [-0.05, 0) is 24.6 Å². The maximum absolute atomic E-state index is 11.7. The standard InChI is InChI=1S/C22H25N7O5S2/c1-14-19(20(31)32)35-22(24-14)27-21-25-17(11-18(26-21)29-9-7-28(13-30)8-10-29)23-12-15-3-5-16(6-4-15)36(2,33)34/h3-6,11,13H,7-10,12H2,1-2H3,(H,31,32)(H2,23,24,25,26,27). The predicted molar refractivity (Wildman–Crippen MR) is 136 cm³/mol. The molecule has 190 valence electrons. The Morgan fingerprint density at radius 3 is 2.42 bits per heavy atom. The summed E-state index contributed by atoms with van der Waals surface area (Å²) in [5, 5.41) is 15.9. The van der Waals surface area contributed by atoms with Crippen LogP contribution in [0, 0.1) is 6.92 Å². The van der Waals surface area contributed by atoms with Gasteiger partial charge in [0.2, 0.25) is 12.4 Å². The second kappa shape index (κ2) is 10.5. The summed E-state index contributed by atoms with van der Waals surface area (Å²) in [4.78, 5) is 39.9. The highest BCUT2D eigenvalue weighted by atomic mass is 32.2. The van der Waals surface area contributed by atoms with Crippen molar-refractivity contribution in [2.24, 2.45) is 0 Å². The molecule has 0 atom stereocenters. The highest BCUT2D eigenvalue weighted by Crippen LogP contribution is 2.27. The van der Waals surface area contributed by atoms with E-state index in [9.17, 15) is 23.1 Å². The smallest absolute Gasteiger partial charge is 0.347 e. The fourth-order valence-corrected chi connectivity index (χ4v) is 5.02. The Hall–Kier alpha value is -3.78. The summed E-state index contributed by atoms with van der Waals surface area (Å²) < 4.78 is 23.4. The molecular formula is C22H25N7O5S2.